The van der Waals surface area contributed by atoms with Gasteiger partial charge in [0.25, 0.3) is 0 Å². The molecule has 1 aromatic rings. The molecule has 0 bridgehead atoms. The van der Waals surface area contributed by atoms with E-state index in [9.17, 15) is 13.2 Å². The third-order valence-electron chi connectivity index (χ3n) is 3.87. The van der Waals surface area contributed by atoms with E-state index in [2.05, 4.69) is 15.6 Å². The summed E-state index contributed by atoms with van der Waals surface area (Å²) in [4.78, 5) is 18.2. The van der Waals surface area contributed by atoms with Crippen LogP contribution in [0.25, 0.3) is 0 Å². The molecule has 0 aromatic heterocycles. The number of sulfonamides is 1. The Kier molecular flexibility index (Phi) is 6.89. The van der Waals surface area contributed by atoms with Crippen molar-refractivity contribution in [1.82, 2.24) is 15.5 Å². The van der Waals surface area contributed by atoms with E-state index in [1.807, 2.05) is 27.7 Å². The zero-order valence-corrected chi connectivity index (χ0v) is 17.5. The number of aliphatic imine (C=N–C) groups is 1. The van der Waals surface area contributed by atoms with Crippen molar-refractivity contribution in [2.75, 3.05) is 19.6 Å². The Morgan fingerprint density at radius 3 is 2.61 bits per heavy atom. The molecule has 0 saturated carbocycles. The van der Waals surface area contributed by atoms with Gasteiger partial charge < -0.3 is 20.3 Å². The summed E-state index contributed by atoms with van der Waals surface area (Å²) >= 11 is 0. The summed E-state index contributed by atoms with van der Waals surface area (Å²) in [5.74, 6) is 0.595. The van der Waals surface area contributed by atoms with Crippen LogP contribution in [-0.2, 0) is 21.3 Å². The normalized spacial score (nSPS) is 15.8. The molecule has 0 spiro atoms. The summed E-state index contributed by atoms with van der Waals surface area (Å²) < 4.78 is 28.3. The summed E-state index contributed by atoms with van der Waals surface area (Å²) in [6.07, 6.45) is -0.327. The van der Waals surface area contributed by atoms with E-state index in [0.29, 0.717) is 32.1 Å². The highest BCUT2D eigenvalue weighted by Gasteiger charge is 2.34. The highest BCUT2D eigenvalue weighted by Crippen LogP contribution is 2.15. The van der Waals surface area contributed by atoms with Gasteiger partial charge in [-0.2, -0.15) is 0 Å². The number of hydrogen-bond acceptors (Lipinski definition) is 5. The van der Waals surface area contributed by atoms with Gasteiger partial charge in [0.05, 0.1) is 17.5 Å². The number of carbonyl (C=O) groups is 1. The first kappa shape index (κ1) is 22.0. The molecule has 9 nitrogen and oxygen atoms in total. The van der Waals surface area contributed by atoms with E-state index < -0.39 is 15.6 Å². The summed E-state index contributed by atoms with van der Waals surface area (Å²) in [5, 5.41) is 11.6. The van der Waals surface area contributed by atoms with Crippen molar-refractivity contribution < 1.29 is 17.9 Å². The number of ether oxygens (including phenoxy) is 1. The number of carbonyl (C=O) groups excluding carboxylic acids is 1. The first-order chi connectivity index (χ1) is 13.0. The molecule has 156 valence electrons. The van der Waals surface area contributed by atoms with E-state index in [4.69, 9.17) is 9.88 Å². The van der Waals surface area contributed by atoms with Crippen LogP contribution in [-0.4, -0.2) is 56.6 Å². The quantitative estimate of drug-likeness (QED) is 0.490. The van der Waals surface area contributed by atoms with Crippen LogP contribution in [0.2, 0.25) is 0 Å². The van der Waals surface area contributed by atoms with E-state index in [0.717, 1.165) is 5.56 Å². The molecule has 0 atom stereocenters. The Morgan fingerprint density at radius 1 is 1.36 bits per heavy atom. The fourth-order valence-corrected chi connectivity index (χ4v) is 3.13. The van der Waals surface area contributed by atoms with Gasteiger partial charge in [0.1, 0.15) is 5.60 Å². The Hall–Kier alpha value is -2.33. The van der Waals surface area contributed by atoms with E-state index in [1.54, 1.807) is 17.0 Å². The highest BCUT2D eigenvalue weighted by molar-refractivity contribution is 7.89. The van der Waals surface area contributed by atoms with E-state index in [-0.39, 0.29) is 17.0 Å². The van der Waals surface area contributed by atoms with Crippen LogP contribution in [0.1, 0.15) is 33.3 Å². The van der Waals surface area contributed by atoms with Gasteiger partial charge in [0.2, 0.25) is 10.0 Å². The number of nitrogens with one attached hydrogen (secondary N) is 2. The third-order valence-corrected chi connectivity index (χ3v) is 4.78. The lowest BCUT2D eigenvalue weighted by molar-refractivity contribution is 0.00700. The minimum atomic E-state index is -3.74. The maximum atomic E-state index is 12.0. The van der Waals surface area contributed by atoms with Crippen LogP contribution in [0, 0.1) is 0 Å². The van der Waals surface area contributed by atoms with Crippen molar-refractivity contribution in [2.45, 2.75) is 50.8 Å². The molecular formula is C18H29N5O4S. The molecule has 0 aliphatic carbocycles. The summed E-state index contributed by atoms with van der Waals surface area (Å²) in [7, 11) is -3.74. The van der Waals surface area contributed by atoms with Crippen molar-refractivity contribution in [2.24, 2.45) is 10.1 Å². The lowest BCUT2D eigenvalue weighted by atomic mass is 10.1. The molecule has 0 unspecified atom stereocenters. The summed E-state index contributed by atoms with van der Waals surface area (Å²) in [5.41, 5.74) is 0.213. The third kappa shape index (κ3) is 6.68. The first-order valence-electron chi connectivity index (χ1n) is 9.12. The van der Waals surface area contributed by atoms with Crippen molar-refractivity contribution in [1.29, 1.82) is 0 Å². The number of primary sulfonamides is 1. The number of guanidine groups is 1. The molecular weight excluding hydrogens is 382 g/mol. The van der Waals surface area contributed by atoms with Crippen LogP contribution >= 0.6 is 0 Å². The number of nitrogens with two attached hydrogens (primary N) is 1. The maximum absolute atomic E-state index is 12.0. The average molecular weight is 412 g/mol. The highest BCUT2D eigenvalue weighted by atomic mass is 32.2. The number of rotatable bonds is 5. The second-order valence-corrected chi connectivity index (χ2v) is 9.18. The van der Waals surface area contributed by atoms with Crippen molar-refractivity contribution in [3.8, 4) is 0 Å². The standard InChI is InChI=1S/C18H29N5O4S/c1-5-20-16(21-10-13-7-6-8-15(9-13)28(19,25)26)22-14-11-23(12-14)17(24)27-18(2,3)4/h6-9,14H,5,10-12H2,1-4H3,(H2,19,25,26)(H2,20,21,22). The first-order valence-corrected chi connectivity index (χ1v) is 10.7. The van der Waals surface area contributed by atoms with E-state index >= 15 is 0 Å². The monoisotopic (exact) mass is 411 g/mol. The predicted molar refractivity (Wildman–Crippen MR) is 107 cm³/mol. The fraction of sp³-hybridized carbons (Fsp3) is 0.556. The van der Waals surface area contributed by atoms with Crippen LogP contribution in [0.4, 0.5) is 4.79 Å². The molecule has 1 saturated heterocycles. The molecule has 4 N–H and O–H groups in total. The second kappa shape index (κ2) is 8.78. The van der Waals surface area contributed by atoms with Crippen LogP contribution in [0.3, 0.4) is 0 Å². The van der Waals surface area contributed by atoms with Crippen molar-refractivity contribution >= 4 is 22.1 Å². The lowest BCUT2D eigenvalue weighted by Gasteiger charge is -2.40. The average Bonchev–Trinajstić information content (AvgIpc) is 2.53. The smallest absolute Gasteiger partial charge is 0.410 e. The zero-order valence-electron chi connectivity index (χ0n) is 16.7. The Balaban J connectivity index is 1.93. The second-order valence-electron chi connectivity index (χ2n) is 7.61. The Bertz CT molecular complexity index is 827. The molecule has 1 aromatic carbocycles. The van der Waals surface area contributed by atoms with Gasteiger partial charge in [-0.1, -0.05) is 12.1 Å². The number of benzene rings is 1. The molecule has 10 heteroatoms. The summed E-state index contributed by atoms with van der Waals surface area (Å²) in [6, 6.07) is 6.45. The van der Waals surface area contributed by atoms with Gasteiger partial charge in [-0.05, 0) is 45.4 Å². The summed E-state index contributed by atoms with van der Waals surface area (Å²) in [6.45, 7) is 9.48. The van der Waals surface area contributed by atoms with Gasteiger partial charge >= 0.3 is 6.09 Å². The van der Waals surface area contributed by atoms with Gasteiger partial charge in [0.15, 0.2) is 5.96 Å². The van der Waals surface area contributed by atoms with Crippen molar-refractivity contribution in [3.05, 3.63) is 29.8 Å². The number of nitrogens with zero attached hydrogens (tertiary/aromatic N) is 2. The molecule has 1 heterocycles. The Morgan fingerprint density at radius 2 is 2.04 bits per heavy atom. The van der Waals surface area contributed by atoms with E-state index in [1.165, 1.54) is 12.1 Å². The number of hydrogen-bond donors (Lipinski definition) is 3. The van der Waals surface area contributed by atoms with Gasteiger partial charge in [-0.15, -0.1) is 0 Å². The van der Waals surface area contributed by atoms with Crippen LogP contribution < -0.4 is 15.8 Å². The number of likely N-dealkylation sites (tertiary alicyclic amines) is 1. The fourth-order valence-electron chi connectivity index (χ4n) is 2.55. The molecule has 2 rings (SSSR count). The minimum absolute atomic E-state index is 0.0603. The van der Waals surface area contributed by atoms with Gasteiger partial charge in [-0.25, -0.2) is 23.3 Å². The molecule has 1 aliphatic heterocycles. The molecule has 28 heavy (non-hydrogen) atoms. The SMILES string of the molecule is CCNC(=NCc1cccc(S(N)(=O)=O)c1)NC1CN(C(=O)OC(C)(C)C)C1. The van der Waals surface area contributed by atoms with Crippen LogP contribution in [0.5, 0.6) is 0 Å². The zero-order chi connectivity index (χ0) is 20.9. The maximum Gasteiger partial charge on any atom is 0.410 e. The van der Waals surface area contributed by atoms with Crippen LogP contribution in [0.15, 0.2) is 34.2 Å². The van der Waals surface area contributed by atoms with Gasteiger partial charge in [-0.3, -0.25) is 0 Å². The van der Waals surface area contributed by atoms with Crippen molar-refractivity contribution in [3.63, 3.8) is 0 Å². The molecule has 1 amide bonds. The number of amides is 1. The largest absolute Gasteiger partial charge is 0.444 e. The topological polar surface area (TPSA) is 126 Å². The lowest BCUT2D eigenvalue weighted by Crippen LogP contribution is -2.63. The molecule has 1 aliphatic rings. The molecule has 1 fully saturated rings. The predicted octanol–water partition coefficient (Wildman–Crippen LogP) is 1.01. The molecule has 0 radical (unpaired) electrons. The van der Waals surface area contributed by atoms with Gasteiger partial charge in [0, 0.05) is 19.6 Å². The minimum Gasteiger partial charge on any atom is -0.444 e. The Labute approximate surface area is 166 Å².